The van der Waals surface area contributed by atoms with Crippen LogP contribution in [0.4, 0.5) is 4.79 Å². The molecule has 4 rings (SSSR count). The number of fused-ring (bicyclic) bond motifs is 1. The van der Waals surface area contributed by atoms with Crippen molar-refractivity contribution in [1.82, 2.24) is 20.0 Å². The molecule has 33 heavy (non-hydrogen) atoms. The molecule has 1 aliphatic rings. The summed E-state index contributed by atoms with van der Waals surface area (Å²) < 4.78 is 27.9. The van der Waals surface area contributed by atoms with Crippen molar-refractivity contribution in [2.24, 2.45) is 0 Å². The predicted octanol–water partition coefficient (Wildman–Crippen LogP) is 3.79. The summed E-state index contributed by atoms with van der Waals surface area (Å²) in [4.78, 5) is 32.3. The third-order valence-electron chi connectivity index (χ3n) is 6.11. The van der Waals surface area contributed by atoms with Crippen LogP contribution in [0.1, 0.15) is 62.8 Å². The summed E-state index contributed by atoms with van der Waals surface area (Å²) in [5, 5.41) is 3.26. The van der Waals surface area contributed by atoms with Gasteiger partial charge in [-0.05, 0) is 49.1 Å². The molecule has 2 amide bonds. The van der Waals surface area contributed by atoms with Crippen LogP contribution in [0.25, 0.3) is 10.9 Å². The number of aromatic amines is 1. The molecule has 1 heterocycles. The zero-order valence-electron chi connectivity index (χ0n) is 18.5. The number of nitrogens with one attached hydrogen (secondary N) is 3. The van der Waals surface area contributed by atoms with Crippen LogP contribution in [0.3, 0.4) is 0 Å². The molecule has 0 bridgehead atoms. The van der Waals surface area contributed by atoms with Crippen LogP contribution in [0.15, 0.2) is 58.2 Å². The second-order valence-corrected chi connectivity index (χ2v) is 10.1. The summed E-state index contributed by atoms with van der Waals surface area (Å²) in [5.74, 6) is 0.160. The van der Waals surface area contributed by atoms with Crippen LogP contribution in [0.2, 0.25) is 0 Å². The molecule has 1 aromatic heterocycles. The van der Waals surface area contributed by atoms with Crippen LogP contribution < -0.4 is 15.6 Å². The predicted molar refractivity (Wildman–Crippen MR) is 127 cm³/mol. The van der Waals surface area contributed by atoms with Crippen molar-refractivity contribution in [3.8, 4) is 0 Å². The van der Waals surface area contributed by atoms with E-state index in [1.165, 1.54) is 12.1 Å². The molecular weight excluding hydrogens is 440 g/mol. The number of sulfonamides is 1. The van der Waals surface area contributed by atoms with Crippen molar-refractivity contribution in [1.29, 1.82) is 0 Å². The van der Waals surface area contributed by atoms with Gasteiger partial charge in [0.15, 0.2) is 0 Å². The van der Waals surface area contributed by atoms with E-state index in [0.29, 0.717) is 28.7 Å². The Morgan fingerprint density at radius 3 is 2.64 bits per heavy atom. The number of carbonyl (C=O) groups is 1. The number of para-hydroxylation sites is 1. The van der Waals surface area contributed by atoms with Gasteiger partial charge in [0.1, 0.15) is 5.82 Å². The maximum Gasteiger partial charge on any atom is 0.328 e. The molecular formula is C24H28N4O4S. The Labute approximate surface area is 192 Å². The molecule has 1 atom stereocenters. The van der Waals surface area contributed by atoms with E-state index in [0.717, 1.165) is 32.1 Å². The number of hydrogen-bond acceptors (Lipinski definition) is 5. The van der Waals surface area contributed by atoms with Gasteiger partial charge in [-0.2, -0.15) is 0 Å². The lowest BCUT2D eigenvalue weighted by atomic mass is 9.95. The molecule has 1 unspecified atom stereocenters. The first-order chi connectivity index (χ1) is 15.9. The molecule has 9 heteroatoms. The van der Waals surface area contributed by atoms with Gasteiger partial charge in [0.2, 0.25) is 0 Å². The number of aromatic nitrogens is 2. The van der Waals surface area contributed by atoms with E-state index in [4.69, 9.17) is 0 Å². The minimum atomic E-state index is -4.05. The minimum Gasteiger partial charge on any atom is -0.335 e. The molecule has 0 radical (unpaired) electrons. The highest BCUT2D eigenvalue weighted by molar-refractivity contribution is 7.90. The van der Waals surface area contributed by atoms with Crippen LogP contribution in [-0.4, -0.2) is 30.5 Å². The number of amides is 2. The van der Waals surface area contributed by atoms with Crippen molar-refractivity contribution in [3.63, 3.8) is 0 Å². The number of urea groups is 1. The third kappa shape index (κ3) is 5.24. The highest BCUT2D eigenvalue weighted by Crippen LogP contribution is 2.27. The summed E-state index contributed by atoms with van der Waals surface area (Å²) >= 11 is 0. The van der Waals surface area contributed by atoms with Gasteiger partial charge in [-0.25, -0.2) is 22.9 Å². The van der Waals surface area contributed by atoms with Crippen LogP contribution in [0, 0.1) is 0 Å². The van der Waals surface area contributed by atoms with E-state index >= 15 is 0 Å². The second kappa shape index (κ2) is 9.74. The number of carbonyl (C=O) groups excluding carboxylic acids is 1. The average Bonchev–Trinajstić information content (AvgIpc) is 2.80. The van der Waals surface area contributed by atoms with Crippen LogP contribution in [0.5, 0.6) is 0 Å². The highest BCUT2D eigenvalue weighted by Gasteiger charge is 2.23. The quantitative estimate of drug-likeness (QED) is 0.508. The first-order valence-electron chi connectivity index (χ1n) is 11.3. The summed E-state index contributed by atoms with van der Waals surface area (Å²) in [7, 11) is -4.05. The molecule has 1 saturated carbocycles. The number of H-pyrrole nitrogens is 1. The van der Waals surface area contributed by atoms with E-state index in [9.17, 15) is 18.0 Å². The molecule has 0 saturated heterocycles. The fourth-order valence-electron chi connectivity index (χ4n) is 4.40. The third-order valence-corrected chi connectivity index (χ3v) is 7.44. The molecule has 3 N–H and O–H groups in total. The lowest BCUT2D eigenvalue weighted by Crippen LogP contribution is -2.45. The Bertz CT molecular complexity index is 1310. The van der Waals surface area contributed by atoms with E-state index < -0.39 is 16.1 Å². The second-order valence-electron chi connectivity index (χ2n) is 8.42. The van der Waals surface area contributed by atoms with Gasteiger partial charge in [-0.1, -0.05) is 50.5 Å². The standard InChI is InChI=1S/C24H28N4O4S/c1-2-19(22-26-21-14-7-6-13-20(21)23(29)27-22)16-9-8-12-18(15-16)33(31,32)28-24(30)25-17-10-4-3-5-11-17/h6-9,12-15,17,19H,2-5,10-11H2,1H3,(H2,25,28,30)(H,26,27,29). The topological polar surface area (TPSA) is 121 Å². The normalized spacial score (nSPS) is 15.8. The van der Waals surface area contributed by atoms with Crippen molar-refractivity contribution in [2.75, 3.05) is 0 Å². The van der Waals surface area contributed by atoms with Gasteiger partial charge in [-0.3, -0.25) is 4.79 Å². The Hall–Kier alpha value is -3.20. The van der Waals surface area contributed by atoms with Gasteiger partial charge >= 0.3 is 6.03 Å². The van der Waals surface area contributed by atoms with Gasteiger partial charge in [0.25, 0.3) is 15.6 Å². The Morgan fingerprint density at radius 2 is 1.88 bits per heavy atom. The Balaban J connectivity index is 1.58. The number of benzene rings is 2. The van der Waals surface area contributed by atoms with Gasteiger partial charge in [0.05, 0.1) is 15.8 Å². The van der Waals surface area contributed by atoms with Gasteiger partial charge < -0.3 is 10.3 Å². The number of rotatable bonds is 6. The number of nitrogens with zero attached hydrogens (tertiary/aromatic N) is 1. The Kier molecular flexibility index (Phi) is 6.78. The summed E-state index contributed by atoms with van der Waals surface area (Å²) in [5.41, 5.74) is 1.03. The fourth-order valence-corrected chi connectivity index (χ4v) is 5.37. The lowest BCUT2D eigenvalue weighted by Gasteiger charge is -2.22. The molecule has 0 spiro atoms. The monoisotopic (exact) mass is 468 g/mol. The Morgan fingerprint density at radius 1 is 1.12 bits per heavy atom. The zero-order valence-corrected chi connectivity index (χ0v) is 19.3. The summed E-state index contributed by atoms with van der Waals surface area (Å²) in [6.45, 7) is 1.94. The molecule has 174 valence electrons. The van der Waals surface area contributed by atoms with E-state index in [1.54, 1.807) is 30.3 Å². The molecule has 3 aromatic rings. The first kappa shape index (κ1) is 23.0. The van der Waals surface area contributed by atoms with Crippen molar-refractivity contribution < 1.29 is 13.2 Å². The smallest absolute Gasteiger partial charge is 0.328 e. The van der Waals surface area contributed by atoms with Gasteiger partial charge in [-0.15, -0.1) is 0 Å². The van der Waals surface area contributed by atoms with Crippen LogP contribution in [-0.2, 0) is 10.0 Å². The first-order valence-corrected chi connectivity index (χ1v) is 12.8. The van der Waals surface area contributed by atoms with Crippen molar-refractivity contribution in [3.05, 3.63) is 70.3 Å². The van der Waals surface area contributed by atoms with E-state index in [-0.39, 0.29) is 22.4 Å². The summed E-state index contributed by atoms with van der Waals surface area (Å²) in [6, 6.07) is 12.8. The van der Waals surface area contributed by atoms with E-state index in [2.05, 4.69) is 20.0 Å². The maximum absolute atomic E-state index is 12.9. The average molecular weight is 469 g/mol. The zero-order chi connectivity index (χ0) is 23.4. The number of hydrogen-bond donors (Lipinski definition) is 3. The highest BCUT2D eigenvalue weighted by atomic mass is 32.2. The molecule has 1 aliphatic carbocycles. The molecule has 1 fully saturated rings. The minimum absolute atomic E-state index is 0.000517. The molecule has 0 aliphatic heterocycles. The largest absolute Gasteiger partial charge is 0.335 e. The SMILES string of the molecule is CCC(c1cccc(S(=O)(=O)NC(=O)NC2CCCCC2)c1)c1nc2ccccc2c(=O)[nH]1. The maximum atomic E-state index is 12.9. The molecule has 8 nitrogen and oxygen atoms in total. The van der Waals surface area contributed by atoms with Crippen molar-refractivity contribution in [2.45, 2.75) is 62.3 Å². The fraction of sp³-hybridized carbons (Fsp3) is 0.375. The molecule has 2 aromatic carbocycles. The van der Waals surface area contributed by atoms with Crippen LogP contribution >= 0.6 is 0 Å². The van der Waals surface area contributed by atoms with Crippen molar-refractivity contribution >= 4 is 27.0 Å². The van der Waals surface area contributed by atoms with Gasteiger partial charge in [0, 0.05) is 12.0 Å². The lowest BCUT2D eigenvalue weighted by molar-refractivity contribution is 0.237. The summed E-state index contributed by atoms with van der Waals surface area (Å²) in [6.07, 6.45) is 5.52. The van der Waals surface area contributed by atoms with E-state index in [1.807, 2.05) is 13.0 Å².